The van der Waals surface area contributed by atoms with Crippen LogP contribution in [0.2, 0.25) is 0 Å². The number of aldehydes is 1. The van der Waals surface area contributed by atoms with Crippen molar-refractivity contribution in [2.75, 3.05) is 13.1 Å². The molecule has 0 spiro atoms. The van der Waals surface area contributed by atoms with Crippen molar-refractivity contribution in [2.24, 2.45) is 0 Å². The van der Waals surface area contributed by atoms with Crippen LogP contribution in [0.25, 0.3) is 10.9 Å². The smallest absolute Gasteiger partial charge is 0.243 e. The van der Waals surface area contributed by atoms with Gasteiger partial charge in [-0.05, 0) is 68.3 Å². The van der Waals surface area contributed by atoms with Crippen LogP contribution < -0.4 is 4.74 Å². The molecule has 31 heavy (non-hydrogen) atoms. The summed E-state index contributed by atoms with van der Waals surface area (Å²) in [5.41, 5.74) is 1.58. The third-order valence-corrected chi connectivity index (χ3v) is 7.45. The van der Waals surface area contributed by atoms with Crippen LogP contribution in [-0.2, 0) is 21.4 Å². The third-order valence-electron chi connectivity index (χ3n) is 5.57. The number of carbonyl (C=O) groups is 1. The van der Waals surface area contributed by atoms with Gasteiger partial charge in [-0.25, -0.2) is 12.8 Å². The van der Waals surface area contributed by atoms with Crippen LogP contribution in [0.1, 0.15) is 31.7 Å². The molecule has 0 N–H and O–H groups in total. The van der Waals surface area contributed by atoms with Gasteiger partial charge in [-0.15, -0.1) is 0 Å². The topological polar surface area (TPSA) is 68.6 Å². The number of rotatable bonds is 7. The number of hydrogen-bond acceptors (Lipinski definition) is 4. The Labute approximate surface area is 181 Å². The van der Waals surface area contributed by atoms with Gasteiger partial charge in [0.15, 0.2) is 0 Å². The Morgan fingerprint density at radius 1 is 1.19 bits per heavy atom. The molecule has 164 valence electrons. The molecule has 0 radical (unpaired) electrons. The fourth-order valence-electron chi connectivity index (χ4n) is 4.16. The molecule has 0 aliphatic carbocycles. The largest absolute Gasteiger partial charge is 0.491 e. The van der Waals surface area contributed by atoms with Crippen LogP contribution in [0.4, 0.5) is 4.39 Å². The van der Waals surface area contributed by atoms with Gasteiger partial charge < -0.3 is 14.1 Å². The van der Waals surface area contributed by atoms with Gasteiger partial charge in [-0.3, -0.25) is 0 Å². The first-order valence-corrected chi connectivity index (χ1v) is 11.7. The van der Waals surface area contributed by atoms with Crippen molar-refractivity contribution in [3.05, 3.63) is 60.0 Å². The van der Waals surface area contributed by atoms with Crippen molar-refractivity contribution in [2.45, 2.75) is 43.7 Å². The number of sulfonamides is 1. The predicted octanol–water partition coefficient (Wildman–Crippen LogP) is 3.94. The highest BCUT2D eigenvalue weighted by atomic mass is 32.2. The standard InChI is InChI=1S/C23H25FN2O4S/c1-16(2)30-19-4-6-20(7-5-19)31(28,29)26-10-9-17(14-26)22-15-25(11-12-27)23-13-18(24)3-8-21(22)23/h3-8,12-13,15-17H,9-11,14H2,1-2H3. The summed E-state index contributed by atoms with van der Waals surface area (Å²) in [6.45, 7) is 4.69. The Hall–Kier alpha value is -2.71. The second-order valence-corrected chi connectivity index (χ2v) is 9.99. The number of benzene rings is 2. The minimum absolute atomic E-state index is 0.0108. The van der Waals surface area contributed by atoms with E-state index in [-0.39, 0.29) is 29.3 Å². The van der Waals surface area contributed by atoms with Crippen molar-refractivity contribution in [3.63, 3.8) is 0 Å². The van der Waals surface area contributed by atoms with E-state index in [0.29, 0.717) is 30.8 Å². The highest BCUT2D eigenvalue weighted by Crippen LogP contribution is 2.36. The summed E-state index contributed by atoms with van der Waals surface area (Å²) in [5.74, 6) is 0.229. The molecule has 1 fully saturated rings. The Morgan fingerprint density at radius 2 is 1.94 bits per heavy atom. The average molecular weight is 445 g/mol. The Morgan fingerprint density at radius 3 is 2.61 bits per heavy atom. The fourth-order valence-corrected chi connectivity index (χ4v) is 5.66. The lowest BCUT2D eigenvalue weighted by Crippen LogP contribution is -2.28. The first-order chi connectivity index (χ1) is 14.8. The van der Waals surface area contributed by atoms with Crippen LogP contribution in [-0.4, -0.2) is 42.8 Å². The van der Waals surface area contributed by atoms with E-state index in [1.165, 1.54) is 16.4 Å². The molecule has 0 amide bonds. The van der Waals surface area contributed by atoms with Crippen molar-refractivity contribution < 1.29 is 22.3 Å². The number of aromatic nitrogens is 1. The van der Waals surface area contributed by atoms with Gasteiger partial charge in [-0.2, -0.15) is 4.31 Å². The molecule has 0 saturated carbocycles. The van der Waals surface area contributed by atoms with E-state index in [1.54, 1.807) is 34.9 Å². The summed E-state index contributed by atoms with van der Waals surface area (Å²) in [6, 6.07) is 11.0. The van der Waals surface area contributed by atoms with Gasteiger partial charge in [0.25, 0.3) is 0 Å². The molecule has 4 rings (SSSR count). The van der Waals surface area contributed by atoms with E-state index in [0.717, 1.165) is 17.2 Å². The lowest BCUT2D eigenvalue weighted by molar-refractivity contribution is -0.108. The summed E-state index contributed by atoms with van der Waals surface area (Å²) < 4.78 is 48.8. The van der Waals surface area contributed by atoms with Crippen molar-refractivity contribution >= 4 is 27.2 Å². The molecule has 8 heteroatoms. The number of nitrogens with zero attached hydrogens (tertiary/aromatic N) is 2. The minimum atomic E-state index is -3.63. The van der Waals surface area contributed by atoms with Gasteiger partial charge in [0.2, 0.25) is 10.0 Å². The maximum Gasteiger partial charge on any atom is 0.243 e. The summed E-state index contributed by atoms with van der Waals surface area (Å²) in [7, 11) is -3.63. The molecule has 1 saturated heterocycles. The van der Waals surface area contributed by atoms with Gasteiger partial charge >= 0.3 is 0 Å². The van der Waals surface area contributed by atoms with Crippen molar-refractivity contribution in [1.29, 1.82) is 0 Å². The molecule has 1 unspecified atom stereocenters. The summed E-state index contributed by atoms with van der Waals surface area (Å²) in [5, 5.41) is 0.850. The van der Waals surface area contributed by atoms with Crippen molar-refractivity contribution in [1.82, 2.24) is 8.87 Å². The van der Waals surface area contributed by atoms with Crippen molar-refractivity contribution in [3.8, 4) is 5.75 Å². The normalized spacial score (nSPS) is 17.5. The van der Waals surface area contributed by atoms with Gasteiger partial charge in [0.1, 0.15) is 17.9 Å². The van der Waals surface area contributed by atoms with Crippen LogP contribution in [0.5, 0.6) is 5.75 Å². The third kappa shape index (κ3) is 4.22. The van der Waals surface area contributed by atoms with Crippen LogP contribution in [0.15, 0.2) is 53.6 Å². The SMILES string of the molecule is CC(C)Oc1ccc(S(=O)(=O)N2CCC(c3cn(CC=O)c4cc(F)ccc34)C2)cc1. The van der Waals surface area contributed by atoms with E-state index < -0.39 is 10.0 Å². The van der Waals surface area contributed by atoms with Crippen LogP contribution in [0, 0.1) is 5.82 Å². The monoisotopic (exact) mass is 444 g/mol. The molecule has 1 aliphatic heterocycles. The Kier molecular flexibility index (Phi) is 5.85. The lowest BCUT2D eigenvalue weighted by Gasteiger charge is -2.17. The summed E-state index contributed by atoms with van der Waals surface area (Å²) >= 11 is 0. The Balaban J connectivity index is 1.58. The number of ether oxygens (including phenoxy) is 1. The molecule has 2 heterocycles. The molecule has 0 bridgehead atoms. The maximum atomic E-state index is 13.7. The van der Waals surface area contributed by atoms with E-state index in [4.69, 9.17) is 4.74 Å². The van der Waals surface area contributed by atoms with Gasteiger partial charge in [-0.1, -0.05) is 0 Å². The molecule has 1 aromatic heterocycles. The fraction of sp³-hybridized carbons (Fsp3) is 0.348. The average Bonchev–Trinajstić information content (AvgIpc) is 3.34. The van der Waals surface area contributed by atoms with Crippen LogP contribution in [0.3, 0.4) is 0 Å². The minimum Gasteiger partial charge on any atom is -0.491 e. The van der Waals surface area contributed by atoms with Crippen LogP contribution >= 0.6 is 0 Å². The molecule has 1 atom stereocenters. The van der Waals surface area contributed by atoms with E-state index in [9.17, 15) is 17.6 Å². The number of hydrogen-bond donors (Lipinski definition) is 0. The Bertz CT molecular complexity index is 1200. The lowest BCUT2D eigenvalue weighted by atomic mass is 9.98. The van der Waals surface area contributed by atoms with E-state index in [2.05, 4.69) is 0 Å². The van der Waals surface area contributed by atoms with Gasteiger partial charge in [0, 0.05) is 30.6 Å². The molecule has 3 aromatic rings. The van der Waals surface area contributed by atoms with E-state index >= 15 is 0 Å². The number of fused-ring (bicyclic) bond motifs is 1. The maximum absolute atomic E-state index is 13.7. The number of halogens is 1. The summed E-state index contributed by atoms with van der Waals surface area (Å²) in [6.07, 6.45) is 3.28. The second kappa shape index (κ2) is 8.43. The molecule has 6 nitrogen and oxygen atoms in total. The first kappa shape index (κ1) is 21.5. The zero-order valence-corrected chi connectivity index (χ0v) is 18.3. The molecule has 2 aromatic carbocycles. The molecular formula is C23H25FN2O4S. The van der Waals surface area contributed by atoms with Gasteiger partial charge in [0.05, 0.1) is 23.1 Å². The zero-order chi connectivity index (χ0) is 22.2. The first-order valence-electron chi connectivity index (χ1n) is 10.3. The molecular weight excluding hydrogens is 419 g/mol. The highest BCUT2D eigenvalue weighted by molar-refractivity contribution is 7.89. The quantitative estimate of drug-likeness (QED) is 0.518. The second-order valence-electron chi connectivity index (χ2n) is 8.05. The summed E-state index contributed by atoms with van der Waals surface area (Å²) in [4.78, 5) is 11.3. The highest BCUT2D eigenvalue weighted by Gasteiger charge is 2.34. The molecule has 1 aliphatic rings. The number of carbonyl (C=O) groups excluding carboxylic acids is 1. The van der Waals surface area contributed by atoms with E-state index in [1.807, 2.05) is 20.0 Å². The zero-order valence-electron chi connectivity index (χ0n) is 17.5. The predicted molar refractivity (Wildman–Crippen MR) is 116 cm³/mol.